The van der Waals surface area contributed by atoms with Crippen molar-refractivity contribution in [3.63, 3.8) is 0 Å². The third kappa shape index (κ3) is 3.71. The molecule has 0 bridgehead atoms. The fraction of sp³-hybridized carbons (Fsp3) is 0.200. The standard InChI is InChI=1S/C15H11F4N3O4/c1-3-25-15(24)8(5-20-14-6(2)21-26-22-14)13(23)7-4-9(16)11(18)12(19)10(7)17/h4-5H,3H2,1-2H3,(H,20,22)/b8-5-. The van der Waals surface area contributed by atoms with Gasteiger partial charge in [0.25, 0.3) is 0 Å². The number of ketones is 1. The number of aromatic nitrogens is 2. The lowest BCUT2D eigenvalue weighted by atomic mass is 10.0. The second-order valence-corrected chi connectivity index (χ2v) is 4.80. The van der Waals surface area contributed by atoms with E-state index >= 15 is 0 Å². The number of ether oxygens (including phenoxy) is 1. The molecule has 0 aliphatic carbocycles. The van der Waals surface area contributed by atoms with Gasteiger partial charge in [0.1, 0.15) is 11.3 Å². The van der Waals surface area contributed by atoms with Gasteiger partial charge < -0.3 is 10.1 Å². The van der Waals surface area contributed by atoms with Crippen LogP contribution >= 0.6 is 0 Å². The Bertz CT molecular complexity index is 895. The Labute approximate surface area is 143 Å². The van der Waals surface area contributed by atoms with Crippen LogP contribution in [0.25, 0.3) is 0 Å². The van der Waals surface area contributed by atoms with Crippen molar-refractivity contribution in [2.75, 3.05) is 11.9 Å². The van der Waals surface area contributed by atoms with E-state index in [1.165, 1.54) is 13.8 Å². The predicted molar refractivity (Wildman–Crippen MR) is 78.0 cm³/mol. The molecule has 0 aliphatic heterocycles. The molecule has 11 heteroatoms. The van der Waals surface area contributed by atoms with Gasteiger partial charge in [0.2, 0.25) is 5.78 Å². The number of nitrogens with zero attached hydrogens (tertiary/aromatic N) is 2. The Hall–Kier alpha value is -3.24. The monoisotopic (exact) mass is 373 g/mol. The summed E-state index contributed by atoms with van der Waals surface area (Å²) in [6, 6.07) is 0.145. The number of hydrogen-bond acceptors (Lipinski definition) is 7. The molecule has 1 heterocycles. The molecule has 1 N–H and O–H groups in total. The molecule has 0 aliphatic rings. The van der Waals surface area contributed by atoms with Crippen LogP contribution < -0.4 is 5.32 Å². The van der Waals surface area contributed by atoms with E-state index in [9.17, 15) is 27.2 Å². The average Bonchev–Trinajstić information content (AvgIpc) is 3.01. The molecule has 26 heavy (non-hydrogen) atoms. The van der Waals surface area contributed by atoms with Gasteiger partial charge in [-0.1, -0.05) is 5.16 Å². The minimum absolute atomic E-state index is 0.0246. The number of rotatable bonds is 6. The number of halogens is 4. The number of esters is 1. The molecule has 0 spiro atoms. The minimum Gasteiger partial charge on any atom is -0.462 e. The van der Waals surface area contributed by atoms with Gasteiger partial charge in [-0.15, -0.1) is 0 Å². The maximum Gasteiger partial charge on any atom is 0.343 e. The van der Waals surface area contributed by atoms with Gasteiger partial charge in [-0.25, -0.2) is 27.0 Å². The van der Waals surface area contributed by atoms with Crippen molar-refractivity contribution < 1.29 is 36.5 Å². The van der Waals surface area contributed by atoms with Gasteiger partial charge in [-0.05, 0) is 25.1 Å². The largest absolute Gasteiger partial charge is 0.462 e. The van der Waals surface area contributed by atoms with Crippen LogP contribution in [0.2, 0.25) is 0 Å². The first-order valence-electron chi connectivity index (χ1n) is 7.08. The number of aryl methyl sites for hydroxylation is 1. The van der Waals surface area contributed by atoms with Gasteiger partial charge in [0.15, 0.2) is 29.1 Å². The molecule has 7 nitrogen and oxygen atoms in total. The Morgan fingerprint density at radius 2 is 1.88 bits per heavy atom. The average molecular weight is 373 g/mol. The third-order valence-electron chi connectivity index (χ3n) is 3.09. The summed E-state index contributed by atoms with van der Waals surface area (Å²) in [5.74, 6) is -10.6. The van der Waals surface area contributed by atoms with Crippen molar-refractivity contribution in [3.05, 3.63) is 52.4 Å². The molecule has 0 saturated carbocycles. The van der Waals surface area contributed by atoms with Crippen molar-refractivity contribution in [1.29, 1.82) is 0 Å². The van der Waals surface area contributed by atoms with Crippen LogP contribution in [0.5, 0.6) is 0 Å². The second-order valence-electron chi connectivity index (χ2n) is 4.80. The first kappa shape index (κ1) is 19.1. The van der Waals surface area contributed by atoms with E-state index in [1.807, 2.05) is 0 Å². The summed E-state index contributed by atoms with van der Waals surface area (Å²) in [7, 11) is 0. The molecule has 0 unspecified atom stereocenters. The van der Waals surface area contributed by atoms with Crippen molar-refractivity contribution >= 4 is 17.6 Å². The molecule has 0 atom stereocenters. The first-order chi connectivity index (χ1) is 12.3. The Morgan fingerprint density at radius 3 is 2.46 bits per heavy atom. The number of Topliss-reactive ketones (excluding diaryl/α,β-unsaturated/α-hetero) is 1. The topological polar surface area (TPSA) is 94.3 Å². The van der Waals surface area contributed by atoms with E-state index in [4.69, 9.17) is 0 Å². The fourth-order valence-corrected chi connectivity index (χ4v) is 1.81. The molecule has 1 aromatic carbocycles. The van der Waals surface area contributed by atoms with Crippen LogP contribution in [0.4, 0.5) is 23.4 Å². The number of carbonyl (C=O) groups is 2. The fourth-order valence-electron chi connectivity index (χ4n) is 1.81. The highest BCUT2D eigenvalue weighted by atomic mass is 19.2. The molecule has 0 fully saturated rings. The Balaban J connectivity index is 2.47. The molecule has 0 amide bonds. The smallest absolute Gasteiger partial charge is 0.343 e. The van der Waals surface area contributed by atoms with Crippen LogP contribution in [0.15, 0.2) is 22.5 Å². The van der Waals surface area contributed by atoms with Crippen molar-refractivity contribution in [3.8, 4) is 0 Å². The summed E-state index contributed by atoms with van der Waals surface area (Å²) in [5, 5.41) is 9.29. The van der Waals surface area contributed by atoms with Gasteiger partial charge >= 0.3 is 5.97 Å². The predicted octanol–water partition coefficient (Wildman–Crippen LogP) is 2.68. The summed E-state index contributed by atoms with van der Waals surface area (Å²) >= 11 is 0. The lowest BCUT2D eigenvalue weighted by Crippen LogP contribution is -2.20. The summed E-state index contributed by atoms with van der Waals surface area (Å²) in [5.41, 5.74) is -1.72. The molecule has 2 aromatic rings. The van der Waals surface area contributed by atoms with Gasteiger partial charge in [0.05, 0.1) is 12.2 Å². The van der Waals surface area contributed by atoms with Crippen LogP contribution in [-0.4, -0.2) is 28.7 Å². The molecule has 0 saturated heterocycles. The lowest BCUT2D eigenvalue weighted by molar-refractivity contribution is -0.138. The molecular weight excluding hydrogens is 362 g/mol. The summed E-state index contributed by atoms with van der Waals surface area (Å²) < 4.78 is 62.7. The molecule has 0 radical (unpaired) electrons. The number of carbonyl (C=O) groups excluding carboxylic acids is 2. The van der Waals surface area contributed by atoms with Crippen molar-refractivity contribution in [2.45, 2.75) is 13.8 Å². The van der Waals surface area contributed by atoms with E-state index < -0.39 is 46.2 Å². The number of hydrogen-bond donors (Lipinski definition) is 1. The van der Waals surface area contributed by atoms with E-state index in [2.05, 4.69) is 25.0 Å². The molecule has 138 valence electrons. The summed E-state index contributed by atoms with van der Waals surface area (Å²) in [4.78, 5) is 24.3. The van der Waals surface area contributed by atoms with Gasteiger partial charge in [-0.2, -0.15) is 0 Å². The van der Waals surface area contributed by atoms with Gasteiger partial charge in [-0.3, -0.25) is 4.79 Å². The zero-order chi connectivity index (χ0) is 19.4. The third-order valence-corrected chi connectivity index (χ3v) is 3.09. The molecule has 2 rings (SSSR count). The minimum atomic E-state index is -2.18. The highest BCUT2D eigenvalue weighted by Gasteiger charge is 2.28. The lowest BCUT2D eigenvalue weighted by Gasteiger charge is -2.09. The van der Waals surface area contributed by atoms with Crippen LogP contribution in [-0.2, 0) is 9.53 Å². The highest BCUT2D eigenvalue weighted by molar-refractivity contribution is 6.24. The highest BCUT2D eigenvalue weighted by Crippen LogP contribution is 2.22. The number of anilines is 1. The van der Waals surface area contributed by atoms with Crippen molar-refractivity contribution in [1.82, 2.24) is 10.3 Å². The summed E-state index contributed by atoms with van der Waals surface area (Å²) in [6.45, 7) is 2.79. The van der Waals surface area contributed by atoms with Crippen molar-refractivity contribution in [2.24, 2.45) is 0 Å². The SMILES string of the molecule is CCOC(=O)/C(=C\Nc1nonc1C)C(=O)c1cc(F)c(F)c(F)c1F. The maximum atomic E-state index is 13.8. The molecular formula is C15H11F4N3O4. The quantitative estimate of drug-likeness (QED) is 0.122. The van der Waals surface area contributed by atoms with E-state index in [0.717, 1.165) is 6.20 Å². The Morgan fingerprint density at radius 1 is 1.19 bits per heavy atom. The van der Waals surface area contributed by atoms with Crippen LogP contribution in [0.1, 0.15) is 23.0 Å². The van der Waals surface area contributed by atoms with E-state index in [0.29, 0.717) is 0 Å². The normalized spacial score (nSPS) is 11.4. The van der Waals surface area contributed by atoms with E-state index in [-0.39, 0.29) is 24.2 Å². The Kier molecular flexibility index (Phi) is 5.70. The zero-order valence-electron chi connectivity index (χ0n) is 13.4. The van der Waals surface area contributed by atoms with Crippen LogP contribution in [0, 0.1) is 30.2 Å². The van der Waals surface area contributed by atoms with E-state index in [1.54, 1.807) is 0 Å². The maximum absolute atomic E-state index is 13.8. The molecule has 1 aromatic heterocycles. The summed E-state index contributed by atoms with van der Waals surface area (Å²) in [6.07, 6.45) is 0.783. The number of benzene rings is 1. The van der Waals surface area contributed by atoms with Crippen LogP contribution in [0.3, 0.4) is 0 Å². The first-order valence-corrected chi connectivity index (χ1v) is 7.08. The van der Waals surface area contributed by atoms with Gasteiger partial charge in [0, 0.05) is 6.20 Å². The number of nitrogens with one attached hydrogen (secondary N) is 1. The second kappa shape index (κ2) is 7.76. The zero-order valence-corrected chi connectivity index (χ0v) is 13.4.